The van der Waals surface area contributed by atoms with Crippen LogP contribution >= 0.6 is 0 Å². The van der Waals surface area contributed by atoms with Crippen molar-refractivity contribution in [2.45, 2.75) is 32.4 Å². The van der Waals surface area contributed by atoms with E-state index in [2.05, 4.69) is 20.2 Å². The van der Waals surface area contributed by atoms with E-state index < -0.39 is 0 Å². The summed E-state index contributed by atoms with van der Waals surface area (Å²) in [7, 11) is 0. The van der Waals surface area contributed by atoms with Crippen LogP contribution in [0.15, 0.2) is 35.1 Å². The molecule has 0 saturated heterocycles. The van der Waals surface area contributed by atoms with Gasteiger partial charge >= 0.3 is 0 Å². The van der Waals surface area contributed by atoms with Crippen LogP contribution < -0.4 is 10.2 Å². The first-order valence-corrected chi connectivity index (χ1v) is 6.72. The number of aromatic nitrogens is 2. The van der Waals surface area contributed by atoms with Crippen molar-refractivity contribution in [2.24, 2.45) is 0 Å². The van der Waals surface area contributed by atoms with Gasteiger partial charge in [0.2, 0.25) is 5.95 Å². The summed E-state index contributed by atoms with van der Waals surface area (Å²) in [4.78, 5) is 11.1. The predicted molar refractivity (Wildman–Crippen MR) is 74.1 cm³/mol. The molecule has 1 fully saturated rings. The lowest BCUT2D eigenvalue weighted by molar-refractivity contribution is 0.500. The number of hydrogen-bond acceptors (Lipinski definition) is 5. The lowest BCUT2D eigenvalue weighted by atomic mass is 10.3. The zero-order chi connectivity index (χ0) is 13.1. The summed E-state index contributed by atoms with van der Waals surface area (Å²) >= 11 is 0. The summed E-state index contributed by atoms with van der Waals surface area (Å²) < 4.78 is 5.44. The summed E-state index contributed by atoms with van der Waals surface area (Å²) in [6, 6.07) is 6.46. The lowest BCUT2D eigenvalue weighted by Gasteiger charge is -2.22. The minimum Gasteiger partial charge on any atom is -0.467 e. The molecule has 1 aliphatic carbocycles. The Balaban J connectivity index is 1.81. The molecule has 0 unspecified atom stereocenters. The largest absolute Gasteiger partial charge is 0.467 e. The minimum absolute atomic E-state index is 0.578. The highest BCUT2D eigenvalue weighted by Gasteiger charge is 2.30. The minimum atomic E-state index is 0.578. The van der Waals surface area contributed by atoms with E-state index in [1.807, 2.05) is 25.1 Å². The molecular weight excluding hydrogens is 240 g/mol. The van der Waals surface area contributed by atoms with E-state index in [9.17, 15) is 0 Å². The highest BCUT2D eigenvalue weighted by atomic mass is 16.3. The average molecular weight is 258 g/mol. The van der Waals surface area contributed by atoms with Gasteiger partial charge in [0.25, 0.3) is 0 Å². The molecule has 5 heteroatoms. The molecule has 0 atom stereocenters. The fraction of sp³-hybridized carbons (Fsp3) is 0.429. The van der Waals surface area contributed by atoms with Gasteiger partial charge in [0.15, 0.2) is 0 Å². The topological polar surface area (TPSA) is 54.2 Å². The Labute approximate surface area is 112 Å². The Bertz CT molecular complexity index is 522. The zero-order valence-electron chi connectivity index (χ0n) is 11.0. The second-order valence-corrected chi connectivity index (χ2v) is 4.71. The van der Waals surface area contributed by atoms with Gasteiger partial charge < -0.3 is 14.6 Å². The molecule has 19 heavy (non-hydrogen) atoms. The number of nitrogens with one attached hydrogen (secondary N) is 1. The van der Waals surface area contributed by atoms with E-state index in [-0.39, 0.29) is 0 Å². The van der Waals surface area contributed by atoms with Crippen molar-refractivity contribution in [2.75, 3.05) is 16.8 Å². The maximum atomic E-state index is 5.44. The third-order valence-electron chi connectivity index (χ3n) is 3.16. The van der Waals surface area contributed by atoms with E-state index >= 15 is 0 Å². The Morgan fingerprint density at radius 3 is 3.00 bits per heavy atom. The monoisotopic (exact) mass is 258 g/mol. The van der Waals surface area contributed by atoms with Crippen molar-refractivity contribution < 1.29 is 4.42 Å². The van der Waals surface area contributed by atoms with E-state index in [0.29, 0.717) is 12.0 Å². The number of anilines is 2. The fourth-order valence-corrected chi connectivity index (χ4v) is 2.11. The van der Waals surface area contributed by atoms with E-state index in [1.165, 1.54) is 12.8 Å². The van der Waals surface area contributed by atoms with Crippen LogP contribution in [0.3, 0.4) is 0 Å². The standard InChI is InChI=1S/C14H18N4O/c1-2-15-14-16-8-7-13(17-14)18(11-5-6-11)10-12-4-3-9-19-12/h3-4,7-9,11H,2,5-6,10H2,1H3,(H,15,16,17). The van der Waals surface area contributed by atoms with E-state index in [0.717, 1.165) is 24.7 Å². The molecule has 2 aromatic heterocycles. The van der Waals surface area contributed by atoms with Crippen molar-refractivity contribution in [3.63, 3.8) is 0 Å². The highest BCUT2D eigenvalue weighted by Crippen LogP contribution is 2.32. The molecule has 5 nitrogen and oxygen atoms in total. The number of hydrogen-bond donors (Lipinski definition) is 1. The first-order valence-electron chi connectivity index (χ1n) is 6.72. The molecular formula is C14H18N4O. The molecule has 0 aliphatic heterocycles. The molecule has 100 valence electrons. The van der Waals surface area contributed by atoms with Gasteiger partial charge in [-0.15, -0.1) is 0 Å². The van der Waals surface area contributed by atoms with Gasteiger partial charge in [-0.1, -0.05) is 0 Å². The van der Waals surface area contributed by atoms with Gasteiger partial charge in [-0.25, -0.2) is 4.98 Å². The molecule has 0 aromatic carbocycles. The van der Waals surface area contributed by atoms with Gasteiger partial charge in [0, 0.05) is 18.8 Å². The Morgan fingerprint density at radius 2 is 2.32 bits per heavy atom. The van der Waals surface area contributed by atoms with Crippen LogP contribution in [0.2, 0.25) is 0 Å². The molecule has 0 radical (unpaired) electrons. The van der Waals surface area contributed by atoms with Gasteiger partial charge in [-0.2, -0.15) is 4.98 Å². The Morgan fingerprint density at radius 1 is 1.42 bits per heavy atom. The van der Waals surface area contributed by atoms with Gasteiger partial charge in [0.05, 0.1) is 12.8 Å². The quantitative estimate of drug-likeness (QED) is 0.863. The Kier molecular flexibility index (Phi) is 3.35. The summed E-state index contributed by atoms with van der Waals surface area (Å²) in [5.74, 6) is 2.62. The fourth-order valence-electron chi connectivity index (χ4n) is 2.11. The van der Waals surface area contributed by atoms with Crippen LogP contribution in [0.5, 0.6) is 0 Å². The van der Waals surface area contributed by atoms with Gasteiger partial charge in [-0.3, -0.25) is 0 Å². The molecule has 1 saturated carbocycles. The maximum Gasteiger partial charge on any atom is 0.224 e. The molecule has 3 rings (SSSR count). The van der Waals surface area contributed by atoms with Crippen molar-refractivity contribution in [1.82, 2.24) is 9.97 Å². The third kappa shape index (κ3) is 2.86. The summed E-state index contributed by atoms with van der Waals surface area (Å²) in [5.41, 5.74) is 0. The zero-order valence-corrected chi connectivity index (χ0v) is 11.0. The lowest BCUT2D eigenvalue weighted by Crippen LogP contribution is -2.26. The van der Waals surface area contributed by atoms with Crippen LogP contribution in [0.25, 0.3) is 0 Å². The van der Waals surface area contributed by atoms with Crippen molar-refractivity contribution in [1.29, 1.82) is 0 Å². The van der Waals surface area contributed by atoms with Crippen molar-refractivity contribution in [3.8, 4) is 0 Å². The molecule has 1 N–H and O–H groups in total. The van der Waals surface area contributed by atoms with E-state index in [4.69, 9.17) is 4.42 Å². The molecule has 2 aromatic rings. The predicted octanol–water partition coefficient (Wildman–Crippen LogP) is 2.67. The number of nitrogens with zero attached hydrogens (tertiary/aromatic N) is 3. The summed E-state index contributed by atoms with van der Waals surface area (Å²) in [6.45, 7) is 3.63. The normalized spacial score (nSPS) is 14.4. The van der Waals surface area contributed by atoms with Gasteiger partial charge in [0.1, 0.15) is 11.6 Å². The van der Waals surface area contributed by atoms with Gasteiger partial charge in [-0.05, 0) is 38.0 Å². The first kappa shape index (κ1) is 12.0. The summed E-state index contributed by atoms with van der Waals surface area (Å²) in [5, 5.41) is 3.15. The Hall–Kier alpha value is -2.04. The van der Waals surface area contributed by atoms with Crippen LogP contribution in [0, 0.1) is 0 Å². The highest BCUT2D eigenvalue weighted by molar-refractivity contribution is 5.45. The number of rotatable bonds is 6. The SMILES string of the molecule is CCNc1nccc(N(Cc2ccco2)C2CC2)n1. The van der Waals surface area contributed by atoms with Crippen molar-refractivity contribution in [3.05, 3.63) is 36.4 Å². The second kappa shape index (κ2) is 5.30. The maximum absolute atomic E-state index is 5.44. The molecule has 0 amide bonds. The second-order valence-electron chi connectivity index (χ2n) is 4.71. The molecule has 0 bridgehead atoms. The van der Waals surface area contributed by atoms with Crippen LogP contribution in [0.4, 0.5) is 11.8 Å². The summed E-state index contributed by atoms with van der Waals surface area (Å²) in [6.07, 6.45) is 5.96. The smallest absolute Gasteiger partial charge is 0.224 e. The van der Waals surface area contributed by atoms with Crippen LogP contribution in [0.1, 0.15) is 25.5 Å². The molecule has 1 aliphatic rings. The van der Waals surface area contributed by atoms with Crippen LogP contribution in [-0.2, 0) is 6.54 Å². The third-order valence-corrected chi connectivity index (χ3v) is 3.16. The van der Waals surface area contributed by atoms with Crippen LogP contribution in [-0.4, -0.2) is 22.6 Å². The first-order chi connectivity index (χ1) is 9.36. The average Bonchev–Trinajstić information content (AvgIpc) is 3.14. The molecule has 0 spiro atoms. The number of furan rings is 1. The van der Waals surface area contributed by atoms with Crippen molar-refractivity contribution >= 4 is 11.8 Å². The molecule has 2 heterocycles. The van der Waals surface area contributed by atoms with E-state index in [1.54, 1.807) is 12.5 Å².